The van der Waals surface area contributed by atoms with Crippen molar-refractivity contribution in [3.63, 3.8) is 0 Å². The van der Waals surface area contributed by atoms with Gasteiger partial charge in [-0.3, -0.25) is 4.79 Å². The van der Waals surface area contributed by atoms with Crippen LogP contribution in [0.1, 0.15) is 70.6 Å². The average molecular weight is 482 g/mol. The molecule has 3 heteroatoms. The van der Waals surface area contributed by atoms with Gasteiger partial charge >= 0.3 is 0 Å². The Balaban J connectivity index is 1.56. The zero-order valence-corrected chi connectivity index (χ0v) is 22.2. The summed E-state index contributed by atoms with van der Waals surface area (Å²) >= 11 is 0. The second kappa shape index (κ2) is 12.2. The third kappa shape index (κ3) is 6.95. The number of carbonyl (C=O) groups excluding carboxylic acids is 1. The lowest BCUT2D eigenvalue weighted by molar-refractivity contribution is 0.104. The van der Waals surface area contributed by atoms with Crippen molar-refractivity contribution in [3.05, 3.63) is 94.6 Å². The molecular weight excluding hydrogens is 442 g/mol. The van der Waals surface area contributed by atoms with E-state index in [0.29, 0.717) is 23.8 Å². The Kier molecular flexibility index (Phi) is 8.77. The summed E-state index contributed by atoms with van der Waals surface area (Å²) in [7, 11) is 4.03. The number of rotatable bonds is 9. The van der Waals surface area contributed by atoms with E-state index < -0.39 is 0 Å². The lowest BCUT2D eigenvalue weighted by atomic mass is 9.84. The molecule has 0 aromatic heterocycles. The fourth-order valence-electron chi connectivity index (χ4n) is 5.08. The molecule has 3 aromatic rings. The topological polar surface area (TPSA) is 29.5 Å². The van der Waals surface area contributed by atoms with Gasteiger partial charge in [-0.1, -0.05) is 85.0 Å². The van der Waals surface area contributed by atoms with Crippen LogP contribution in [0.4, 0.5) is 0 Å². The first-order chi connectivity index (χ1) is 17.4. The van der Waals surface area contributed by atoms with Gasteiger partial charge in [0.15, 0.2) is 5.78 Å². The van der Waals surface area contributed by atoms with Crippen molar-refractivity contribution < 1.29 is 9.53 Å². The molecule has 3 nitrogen and oxygen atoms in total. The molecular formula is C33H39NO2. The molecule has 0 atom stereocenters. The van der Waals surface area contributed by atoms with E-state index in [9.17, 15) is 4.79 Å². The number of ether oxygens (including phenoxy) is 1. The zero-order chi connectivity index (χ0) is 25.5. The highest BCUT2D eigenvalue weighted by atomic mass is 16.5. The van der Waals surface area contributed by atoms with Gasteiger partial charge in [0, 0.05) is 6.54 Å². The molecule has 36 heavy (non-hydrogen) atoms. The maximum atomic E-state index is 13.4. The van der Waals surface area contributed by atoms with E-state index in [4.69, 9.17) is 4.74 Å². The molecule has 4 rings (SSSR count). The molecule has 1 aliphatic rings. The number of ketones is 1. The molecule has 0 N–H and O–H groups in total. The summed E-state index contributed by atoms with van der Waals surface area (Å²) < 4.78 is 6.05. The fourth-order valence-corrected chi connectivity index (χ4v) is 5.08. The van der Waals surface area contributed by atoms with Gasteiger partial charge in [0.05, 0.1) is 5.56 Å². The number of likely N-dealkylation sites (N-methyl/N-ethyl adjacent to an activating group) is 1. The molecule has 1 fully saturated rings. The zero-order valence-electron chi connectivity index (χ0n) is 22.2. The lowest BCUT2D eigenvalue weighted by Gasteiger charge is -2.21. The Morgan fingerprint density at radius 2 is 1.58 bits per heavy atom. The van der Waals surface area contributed by atoms with Crippen molar-refractivity contribution in [3.8, 4) is 16.9 Å². The van der Waals surface area contributed by atoms with Gasteiger partial charge in [0.1, 0.15) is 12.4 Å². The second-order valence-corrected chi connectivity index (χ2v) is 10.4. The van der Waals surface area contributed by atoms with Crippen LogP contribution in [0.15, 0.2) is 66.7 Å². The second-order valence-electron chi connectivity index (χ2n) is 10.4. The number of hydrogen-bond donors (Lipinski definition) is 0. The van der Waals surface area contributed by atoms with Crippen LogP contribution in [0.2, 0.25) is 0 Å². The fraction of sp³-hybridized carbons (Fsp3) is 0.364. The number of allylic oxidation sites excluding steroid dienone is 1. The maximum absolute atomic E-state index is 13.4. The summed E-state index contributed by atoms with van der Waals surface area (Å²) in [5, 5.41) is 0. The summed E-state index contributed by atoms with van der Waals surface area (Å²) in [5.74, 6) is 1.28. The van der Waals surface area contributed by atoms with Gasteiger partial charge in [0.25, 0.3) is 0 Å². The highest BCUT2D eigenvalue weighted by Crippen LogP contribution is 2.33. The third-order valence-electron chi connectivity index (χ3n) is 7.04. The van der Waals surface area contributed by atoms with E-state index in [1.165, 1.54) is 48.8 Å². The predicted molar refractivity (Wildman–Crippen MR) is 151 cm³/mol. The Bertz CT molecular complexity index is 1180. The lowest BCUT2D eigenvalue weighted by Crippen LogP contribution is -2.20. The first-order valence-corrected chi connectivity index (χ1v) is 13.2. The van der Waals surface area contributed by atoms with Crippen LogP contribution < -0.4 is 4.74 Å². The standard InChI is InChI=1S/C33H39NO2/c1-24-20-25(2)22-30(21-24)29-15-17-33(36-19-18-34(3)4)31(23-29)32(35)16-12-26-10-13-28(14-11-26)27-8-6-5-7-9-27/h10-17,20-23,27H,5-9,18-19H2,1-4H3/b16-12+. The number of nitrogens with zero attached hydrogens (tertiary/aromatic N) is 1. The quantitative estimate of drug-likeness (QED) is 0.230. The van der Waals surface area contributed by atoms with Crippen molar-refractivity contribution in [2.75, 3.05) is 27.2 Å². The first-order valence-electron chi connectivity index (χ1n) is 13.2. The van der Waals surface area contributed by atoms with Crippen LogP contribution in [0, 0.1) is 13.8 Å². The van der Waals surface area contributed by atoms with Crippen molar-refractivity contribution in [2.45, 2.75) is 51.9 Å². The summed E-state index contributed by atoms with van der Waals surface area (Å²) in [5.41, 5.74) is 7.63. The Hall–Kier alpha value is -3.17. The normalized spacial score (nSPS) is 14.5. The van der Waals surface area contributed by atoms with Crippen molar-refractivity contribution in [1.82, 2.24) is 4.90 Å². The van der Waals surface area contributed by atoms with Crippen LogP contribution >= 0.6 is 0 Å². The molecule has 3 aromatic carbocycles. The van der Waals surface area contributed by atoms with E-state index in [2.05, 4.69) is 61.2 Å². The van der Waals surface area contributed by atoms with Crippen LogP contribution in [0.25, 0.3) is 17.2 Å². The molecule has 0 unspecified atom stereocenters. The summed E-state index contributed by atoms with van der Waals surface area (Å²) in [6, 6.07) is 21.2. The van der Waals surface area contributed by atoms with E-state index in [1.807, 2.05) is 38.4 Å². The number of carbonyl (C=O) groups is 1. The predicted octanol–water partition coefficient (Wildman–Crippen LogP) is 7.85. The maximum Gasteiger partial charge on any atom is 0.189 e. The molecule has 0 amide bonds. The number of benzene rings is 3. The molecule has 188 valence electrons. The Morgan fingerprint density at radius 1 is 0.889 bits per heavy atom. The summed E-state index contributed by atoms with van der Waals surface area (Å²) in [6.45, 7) is 5.52. The molecule has 0 radical (unpaired) electrons. The Morgan fingerprint density at radius 3 is 2.25 bits per heavy atom. The number of aryl methyl sites for hydroxylation is 2. The van der Waals surface area contributed by atoms with Crippen molar-refractivity contribution in [2.24, 2.45) is 0 Å². The molecule has 1 aliphatic carbocycles. The molecule has 1 saturated carbocycles. The van der Waals surface area contributed by atoms with Gasteiger partial charge in [-0.25, -0.2) is 0 Å². The van der Waals surface area contributed by atoms with Gasteiger partial charge in [0.2, 0.25) is 0 Å². The van der Waals surface area contributed by atoms with E-state index >= 15 is 0 Å². The minimum absolute atomic E-state index is 0.0440. The van der Waals surface area contributed by atoms with E-state index in [-0.39, 0.29) is 5.78 Å². The monoisotopic (exact) mass is 481 g/mol. The van der Waals surface area contributed by atoms with Gasteiger partial charge in [-0.2, -0.15) is 0 Å². The number of hydrogen-bond acceptors (Lipinski definition) is 3. The minimum atomic E-state index is -0.0440. The highest BCUT2D eigenvalue weighted by molar-refractivity contribution is 6.09. The van der Waals surface area contributed by atoms with Crippen LogP contribution in [0.3, 0.4) is 0 Å². The summed E-state index contributed by atoms with van der Waals surface area (Å²) in [4.78, 5) is 15.5. The smallest absolute Gasteiger partial charge is 0.189 e. The van der Waals surface area contributed by atoms with Crippen LogP contribution in [0.5, 0.6) is 5.75 Å². The SMILES string of the molecule is Cc1cc(C)cc(-c2ccc(OCCN(C)C)c(C(=O)/C=C/c3ccc(C4CCCCC4)cc3)c2)c1. The van der Waals surface area contributed by atoms with Crippen LogP contribution in [-0.4, -0.2) is 37.9 Å². The van der Waals surface area contributed by atoms with Crippen molar-refractivity contribution >= 4 is 11.9 Å². The molecule has 0 aliphatic heterocycles. The Labute approximate surface area is 216 Å². The minimum Gasteiger partial charge on any atom is -0.491 e. The van der Waals surface area contributed by atoms with Gasteiger partial charge in [-0.15, -0.1) is 0 Å². The van der Waals surface area contributed by atoms with Crippen LogP contribution in [-0.2, 0) is 0 Å². The van der Waals surface area contributed by atoms with Crippen molar-refractivity contribution in [1.29, 1.82) is 0 Å². The largest absolute Gasteiger partial charge is 0.491 e. The van der Waals surface area contributed by atoms with E-state index in [0.717, 1.165) is 23.2 Å². The molecule has 0 bridgehead atoms. The molecule has 0 spiro atoms. The summed E-state index contributed by atoms with van der Waals surface area (Å²) in [6.07, 6.45) is 10.2. The third-order valence-corrected chi connectivity index (χ3v) is 7.04. The highest BCUT2D eigenvalue weighted by Gasteiger charge is 2.16. The van der Waals surface area contributed by atoms with Gasteiger partial charge in [-0.05, 0) is 87.2 Å². The molecule has 0 heterocycles. The average Bonchev–Trinajstić information content (AvgIpc) is 2.87. The van der Waals surface area contributed by atoms with Gasteiger partial charge < -0.3 is 9.64 Å². The molecule has 0 saturated heterocycles. The van der Waals surface area contributed by atoms with E-state index in [1.54, 1.807) is 6.08 Å². The first kappa shape index (κ1) is 25.9.